The molecule has 0 atom stereocenters. The van der Waals surface area contributed by atoms with Gasteiger partial charge in [0.25, 0.3) is 0 Å². The molecule has 0 bridgehead atoms. The summed E-state index contributed by atoms with van der Waals surface area (Å²) in [6, 6.07) is 5.87. The van der Waals surface area contributed by atoms with E-state index in [9.17, 15) is 0 Å². The molecule has 3 N–H and O–H groups in total. The van der Waals surface area contributed by atoms with E-state index in [4.69, 9.17) is 17.4 Å². The SMILES string of the molecule is Cl.NNCc1cccc(I)c1Cl. The molecule has 0 saturated carbocycles. The molecular weight excluding hydrogens is 310 g/mol. The maximum Gasteiger partial charge on any atom is 0.0584 e. The minimum atomic E-state index is 0. The van der Waals surface area contributed by atoms with E-state index in [0.29, 0.717) is 6.54 Å². The minimum Gasteiger partial charge on any atom is -0.271 e. The Morgan fingerprint density at radius 1 is 1.50 bits per heavy atom. The number of halogens is 3. The molecular formula is C7H9Cl2IN2. The van der Waals surface area contributed by atoms with Gasteiger partial charge >= 0.3 is 0 Å². The Balaban J connectivity index is 0.00000121. The van der Waals surface area contributed by atoms with Gasteiger partial charge in [0.1, 0.15) is 0 Å². The lowest BCUT2D eigenvalue weighted by molar-refractivity contribution is 0.741. The smallest absolute Gasteiger partial charge is 0.0584 e. The van der Waals surface area contributed by atoms with Crippen LogP contribution in [0, 0.1) is 3.57 Å². The van der Waals surface area contributed by atoms with Crippen molar-refractivity contribution in [1.82, 2.24) is 5.43 Å². The number of nitrogens with two attached hydrogens (primary N) is 1. The molecule has 0 saturated heterocycles. The van der Waals surface area contributed by atoms with Crippen molar-refractivity contribution in [2.24, 2.45) is 5.84 Å². The van der Waals surface area contributed by atoms with E-state index >= 15 is 0 Å². The van der Waals surface area contributed by atoms with Crippen LogP contribution in [0.1, 0.15) is 5.56 Å². The molecule has 68 valence electrons. The summed E-state index contributed by atoms with van der Waals surface area (Å²) in [6.45, 7) is 0.607. The molecule has 1 rings (SSSR count). The molecule has 0 aliphatic rings. The quantitative estimate of drug-likeness (QED) is 0.499. The summed E-state index contributed by atoms with van der Waals surface area (Å²) in [7, 11) is 0. The first-order valence-electron chi connectivity index (χ1n) is 3.12. The highest BCUT2D eigenvalue weighted by atomic mass is 127. The van der Waals surface area contributed by atoms with E-state index < -0.39 is 0 Å². The molecule has 0 aromatic heterocycles. The molecule has 0 heterocycles. The summed E-state index contributed by atoms with van der Waals surface area (Å²) in [5, 5.41) is 0.783. The molecule has 0 unspecified atom stereocenters. The highest BCUT2D eigenvalue weighted by Crippen LogP contribution is 2.22. The molecule has 0 amide bonds. The number of rotatable bonds is 2. The van der Waals surface area contributed by atoms with Gasteiger partial charge in [-0.05, 0) is 34.2 Å². The van der Waals surface area contributed by atoms with Gasteiger partial charge in [-0.1, -0.05) is 23.7 Å². The zero-order valence-electron chi connectivity index (χ0n) is 6.18. The van der Waals surface area contributed by atoms with Crippen molar-refractivity contribution in [3.8, 4) is 0 Å². The van der Waals surface area contributed by atoms with Crippen molar-refractivity contribution in [2.75, 3.05) is 0 Å². The van der Waals surface area contributed by atoms with Crippen LogP contribution in [-0.2, 0) is 6.54 Å². The van der Waals surface area contributed by atoms with Crippen molar-refractivity contribution in [1.29, 1.82) is 0 Å². The van der Waals surface area contributed by atoms with Crippen molar-refractivity contribution < 1.29 is 0 Å². The molecule has 0 spiro atoms. The Hall–Kier alpha value is 0.450. The molecule has 2 nitrogen and oxygen atoms in total. The van der Waals surface area contributed by atoms with Crippen LogP contribution in [0.3, 0.4) is 0 Å². The monoisotopic (exact) mass is 318 g/mol. The van der Waals surface area contributed by atoms with E-state index in [0.717, 1.165) is 14.2 Å². The minimum absolute atomic E-state index is 0. The second-order valence-corrected chi connectivity index (χ2v) is 3.63. The highest BCUT2D eigenvalue weighted by Gasteiger charge is 2.01. The van der Waals surface area contributed by atoms with Crippen LogP contribution in [0.15, 0.2) is 18.2 Å². The number of hydrazine groups is 1. The molecule has 1 aromatic carbocycles. The normalized spacial score (nSPS) is 9.25. The first-order valence-corrected chi connectivity index (χ1v) is 4.57. The maximum absolute atomic E-state index is 5.97. The average Bonchev–Trinajstić information content (AvgIpc) is 1.99. The lowest BCUT2D eigenvalue weighted by atomic mass is 10.2. The third-order valence-electron chi connectivity index (χ3n) is 1.32. The summed E-state index contributed by atoms with van der Waals surface area (Å²) >= 11 is 8.16. The van der Waals surface area contributed by atoms with Gasteiger partial charge in [-0.15, -0.1) is 12.4 Å². The van der Waals surface area contributed by atoms with Gasteiger partial charge in [0.2, 0.25) is 0 Å². The largest absolute Gasteiger partial charge is 0.271 e. The predicted molar refractivity (Wildman–Crippen MR) is 62.4 cm³/mol. The maximum atomic E-state index is 5.97. The van der Waals surface area contributed by atoms with Gasteiger partial charge in [0.15, 0.2) is 0 Å². The summed E-state index contributed by atoms with van der Waals surface area (Å²) < 4.78 is 1.05. The first kappa shape index (κ1) is 12.4. The van der Waals surface area contributed by atoms with Crippen LogP contribution in [0.4, 0.5) is 0 Å². The van der Waals surface area contributed by atoms with Gasteiger partial charge in [0, 0.05) is 10.1 Å². The second-order valence-electron chi connectivity index (χ2n) is 2.09. The second kappa shape index (κ2) is 5.99. The molecule has 0 aliphatic carbocycles. The Bertz CT molecular complexity index is 255. The lowest BCUT2D eigenvalue weighted by Crippen LogP contribution is -2.21. The van der Waals surface area contributed by atoms with Crippen LogP contribution >= 0.6 is 46.6 Å². The Kier molecular flexibility index (Phi) is 6.21. The van der Waals surface area contributed by atoms with Crippen molar-refractivity contribution in [3.63, 3.8) is 0 Å². The van der Waals surface area contributed by atoms with Gasteiger partial charge in [0.05, 0.1) is 5.02 Å². The van der Waals surface area contributed by atoms with Gasteiger partial charge < -0.3 is 0 Å². The van der Waals surface area contributed by atoms with Crippen LogP contribution < -0.4 is 11.3 Å². The lowest BCUT2D eigenvalue weighted by Gasteiger charge is -2.03. The summed E-state index contributed by atoms with van der Waals surface area (Å²) in [5.41, 5.74) is 3.59. The fraction of sp³-hybridized carbons (Fsp3) is 0.143. The standard InChI is InChI=1S/C7H8ClIN2.ClH/c8-7-5(4-11-10)2-1-3-6(7)9;/h1-3,11H,4,10H2;1H. The molecule has 0 fully saturated rings. The fourth-order valence-corrected chi connectivity index (χ4v) is 1.54. The van der Waals surface area contributed by atoms with Crippen molar-refractivity contribution in [2.45, 2.75) is 6.54 Å². The highest BCUT2D eigenvalue weighted by molar-refractivity contribution is 14.1. The Morgan fingerprint density at radius 3 is 2.75 bits per heavy atom. The van der Waals surface area contributed by atoms with E-state index in [1.165, 1.54) is 0 Å². The predicted octanol–water partition coefficient (Wildman–Crippen LogP) is 2.33. The summed E-state index contributed by atoms with van der Waals surface area (Å²) in [4.78, 5) is 0. The van der Waals surface area contributed by atoms with E-state index in [-0.39, 0.29) is 12.4 Å². The summed E-state index contributed by atoms with van der Waals surface area (Å²) in [5.74, 6) is 5.17. The van der Waals surface area contributed by atoms with E-state index in [1.54, 1.807) is 0 Å². The van der Waals surface area contributed by atoms with Gasteiger partial charge in [-0.25, -0.2) is 0 Å². The molecule has 5 heteroatoms. The van der Waals surface area contributed by atoms with E-state index in [2.05, 4.69) is 28.0 Å². The first-order chi connectivity index (χ1) is 5.25. The van der Waals surface area contributed by atoms with Crippen LogP contribution in [0.25, 0.3) is 0 Å². The third kappa shape index (κ3) is 3.06. The van der Waals surface area contributed by atoms with Crippen LogP contribution in [0.5, 0.6) is 0 Å². The Labute approximate surface area is 96.4 Å². The molecule has 0 radical (unpaired) electrons. The number of nitrogens with one attached hydrogen (secondary N) is 1. The van der Waals surface area contributed by atoms with Crippen molar-refractivity contribution in [3.05, 3.63) is 32.4 Å². The van der Waals surface area contributed by atoms with Crippen molar-refractivity contribution >= 4 is 46.6 Å². The van der Waals surface area contributed by atoms with Crippen LogP contribution in [-0.4, -0.2) is 0 Å². The third-order valence-corrected chi connectivity index (χ3v) is 2.99. The fourth-order valence-electron chi connectivity index (χ4n) is 0.795. The topological polar surface area (TPSA) is 38.0 Å². The Morgan fingerprint density at radius 2 is 2.17 bits per heavy atom. The van der Waals surface area contributed by atoms with E-state index in [1.807, 2.05) is 18.2 Å². The van der Waals surface area contributed by atoms with Crippen LogP contribution in [0.2, 0.25) is 5.02 Å². The molecule has 12 heavy (non-hydrogen) atoms. The van der Waals surface area contributed by atoms with Gasteiger partial charge in [-0.2, -0.15) is 0 Å². The summed E-state index contributed by atoms with van der Waals surface area (Å²) in [6.07, 6.45) is 0. The molecule has 1 aromatic rings. The van der Waals surface area contributed by atoms with Gasteiger partial charge in [-0.3, -0.25) is 11.3 Å². The zero-order chi connectivity index (χ0) is 8.27. The zero-order valence-corrected chi connectivity index (χ0v) is 9.91. The average molecular weight is 319 g/mol. The number of hydrogen-bond acceptors (Lipinski definition) is 2. The molecule has 0 aliphatic heterocycles. The number of benzene rings is 1. The number of hydrogen-bond donors (Lipinski definition) is 2.